The molecule has 27 heavy (non-hydrogen) atoms. The van der Waals surface area contributed by atoms with Crippen LogP contribution in [0, 0.1) is 0 Å². The quantitative estimate of drug-likeness (QED) is 0.542. The minimum atomic E-state index is -2.29. The van der Waals surface area contributed by atoms with Crippen LogP contribution in [0.25, 0.3) is 0 Å². The molecule has 2 aromatic carbocycles. The lowest BCUT2D eigenvalue weighted by Gasteiger charge is -2.28. The summed E-state index contributed by atoms with van der Waals surface area (Å²) in [7, 11) is 0. The average molecular weight is 492 g/mol. The number of aliphatic hydroxyl groups is 1. The van der Waals surface area contributed by atoms with E-state index in [4.69, 9.17) is 4.42 Å². The van der Waals surface area contributed by atoms with E-state index < -0.39 is 17.7 Å². The second-order valence-electron chi connectivity index (χ2n) is 5.86. The predicted octanol–water partition coefficient (Wildman–Crippen LogP) is 4.62. The van der Waals surface area contributed by atoms with Crippen molar-refractivity contribution in [3.05, 3.63) is 81.6 Å². The van der Waals surface area contributed by atoms with Gasteiger partial charge < -0.3 is 9.52 Å². The van der Waals surface area contributed by atoms with E-state index >= 15 is 0 Å². The number of urea groups is 1. The second kappa shape index (κ2) is 6.63. The van der Waals surface area contributed by atoms with Crippen LogP contribution in [-0.4, -0.2) is 17.0 Å². The molecule has 1 aliphatic rings. The number of imide groups is 1. The normalized spacial score (nSPS) is 19.8. The number of amides is 3. The van der Waals surface area contributed by atoms with Crippen LogP contribution in [0.3, 0.4) is 0 Å². The molecule has 1 saturated heterocycles. The van der Waals surface area contributed by atoms with Crippen LogP contribution in [-0.2, 0) is 10.5 Å². The fraction of sp³-hybridized carbons (Fsp3) is 0.0526. The van der Waals surface area contributed by atoms with E-state index in [1.165, 1.54) is 12.3 Å². The molecule has 6 nitrogen and oxygen atoms in total. The van der Waals surface area contributed by atoms with Crippen LogP contribution in [0.2, 0.25) is 0 Å². The lowest BCUT2D eigenvalue weighted by molar-refractivity contribution is -0.135. The van der Waals surface area contributed by atoms with Crippen LogP contribution in [0.15, 0.2) is 80.3 Å². The van der Waals surface area contributed by atoms with Gasteiger partial charge in [-0.2, -0.15) is 0 Å². The fourth-order valence-corrected chi connectivity index (χ4v) is 3.50. The van der Waals surface area contributed by atoms with E-state index in [-0.39, 0.29) is 5.76 Å². The van der Waals surface area contributed by atoms with Gasteiger partial charge in [-0.1, -0.05) is 31.9 Å². The Bertz CT molecular complexity index is 1000. The number of rotatable bonds is 3. The van der Waals surface area contributed by atoms with Crippen molar-refractivity contribution >= 4 is 55.2 Å². The van der Waals surface area contributed by atoms with Crippen LogP contribution in [0.5, 0.6) is 0 Å². The van der Waals surface area contributed by atoms with Gasteiger partial charge in [0.2, 0.25) is 0 Å². The monoisotopic (exact) mass is 490 g/mol. The largest absolute Gasteiger partial charge is 0.464 e. The Morgan fingerprint density at radius 2 is 1.41 bits per heavy atom. The maximum atomic E-state index is 13.2. The van der Waals surface area contributed by atoms with Crippen molar-refractivity contribution < 1.29 is 19.1 Å². The Balaban J connectivity index is 1.89. The van der Waals surface area contributed by atoms with Gasteiger partial charge in [0.1, 0.15) is 0 Å². The molecule has 0 bridgehead atoms. The van der Waals surface area contributed by atoms with Gasteiger partial charge in [-0.25, -0.2) is 14.6 Å². The molecule has 2 heterocycles. The van der Waals surface area contributed by atoms with Gasteiger partial charge in [-0.05, 0) is 60.7 Å². The zero-order valence-electron chi connectivity index (χ0n) is 13.7. The van der Waals surface area contributed by atoms with E-state index in [2.05, 4.69) is 31.9 Å². The molecule has 4 rings (SSSR count). The third-order valence-electron chi connectivity index (χ3n) is 4.24. The highest BCUT2D eigenvalue weighted by molar-refractivity contribution is 9.10. The summed E-state index contributed by atoms with van der Waals surface area (Å²) in [6.45, 7) is 0. The summed E-state index contributed by atoms with van der Waals surface area (Å²) in [6.07, 6.45) is 1.34. The van der Waals surface area contributed by atoms with Crippen molar-refractivity contribution in [3.8, 4) is 0 Å². The van der Waals surface area contributed by atoms with Crippen LogP contribution in [0.4, 0.5) is 16.2 Å². The first-order chi connectivity index (χ1) is 12.9. The molecule has 0 spiro atoms. The molecule has 0 saturated carbocycles. The zero-order chi connectivity index (χ0) is 19.2. The molecule has 1 aromatic heterocycles. The Morgan fingerprint density at radius 1 is 0.852 bits per heavy atom. The summed E-state index contributed by atoms with van der Waals surface area (Å²) in [5.41, 5.74) is -1.59. The van der Waals surface area contributed by atoms with Crippen molar-refractivity contribution in [2.24, 2.45) is 0 Å². The van der Waals surface area contributed by atoms with E-state index in [1.807, 2.05) is 0 Å². The third kappa shape index (κ3) is 2.80. The Labute approximate surface area is 171 Å². The summed E-state index contributed by atoms with van der Waals surface area (Å²) in [5, 5.41) is 11.4. The van der Waals surface area contributed by atoms with Crippen LogP contribution < -0.4 is 9.80 Å². The number of halogens is 2. The molecule has 0 aliphatic carbocycles. The van der Waals surface area contributed by atoms with Gasteiger partial charge in [0.25, 0.3) is 11.6 Å². The molecule has 3 amide bonds. The summed E-state index contributed by atoms with van der Waals surface area (Å²) in [5.74, 6) is -0.851. The molecule has 0 radical (unpaired) electrons. The highest BCUT2D eigenvalue weighted by Crippen LogP contribution is 2.41. The molecule has 1 atom stereocenters. The molecular weight excluding hydrogens is 480 g/mol. The predicted molar refractivity (Wildman–Crippen MR) is 106 cm³/mol. The Kier molecular flexibility index (Phi) is 4.41. The lowest BCUT2D eigenvalue weighted by atomic mass is 10.1. The number of carbonyl (C=O) groups excluding carboxylic acids is 2. The second-order valence-corrected chi connectivity index (χ2v) is 7.69. The fourth-order valence-electron chi connectivity index (χ4n) is 2.97. The zero-order valence-corrected chi connectivity index (χ0v) is 16.8. The molecule has 8 heteroatoms. The number of hydrogen-bond donors (Lipinski definition) is 1. The van der Waals surface area contributed by atoms with Gasteiger partial charge in [0, 0.05) is 14.6 Å². The Morgan fingerprint density at radius 3 is 1.93 bits per heavy atom. The van der Waals surface area contributed by atoms with Gasteiger partial charge in [-0.3, -0.25) is 4.79 Å². The maximum absolute atomic E-state index is 13.2. The number of furan rings is 1. The van der Waals surface area contributed by atoms with Crippen LogP contribution >= 0.6 is 31.9 Å². The minimum absolute atomic E-state index is 0.0385. The minimum Gasteiger partial charge on any atom is -0.464 e. The summed E-state index contributed by atoms with van der Waals surface area (Å²) in [4.78, 5) is 28.4. The van der Waals surface area contributed by atoms with E-state index in [0.29, 0.717) is 11.4 Å². The van der Waals surface area contributed by atoms with E-state index in [1.54, 1.807) is 54.6 Å². The SMILES string of the molecule is O=C1N(c2ccc(Br)cc2)C(=O)C(O)(c2ccco2)N1c1ccc(Br)cc1. The molecule has 3 aromatic rings. The number of benzene rings is 2. The summed E-state index contributed by atoms with van der Waals surface area (Å²) in [6, 6.07) is 15.7. The van der Waals surface area contributed by atoms with E-state index in [0.717, 1.165) is 18.7 Å². The smallest absolute Gasteiger partial charge is 0.339 e. The molecule has 1 fully saturated rings. The van der Waals surface area contributed by atoms with Gasteiger partial charge in [-0.15, -0.1) is 0 Å². The summed E-state index contributed by atoms with van der Waals surface area (Å²) >= 11 is 6.66. The number of carbonyl (C=O) groups is 2. The van der Waals surface area contributed by atoms with Crippen LogP contribution in [0.1, 0.15) is 5.76 Å². The lowest BCUT2D eigenvalue weighted by Crippen LogP contribution is -2.47. The van der Waals surface area contributed by atoms with Crippen molar-refractivity contribution in [2.45, 2.75) is 5.72 Å². The topological polar surface area (TPSA) is 74.0 Å². The van der Waals surface area contributed by atoms with Crippen molar-refractivity contribution in [1.82, 2.24) is 0 Å². The number of anilines is 2. The molecule has 1 N–H and O–H groups in total. The first-order valence-electron chi connectivity index (χ1n) is 7.89. The van der Waals surface area contributed by atoms with Gasteiger partial charge in [0.15, 0.2) is 5.76 Å². The van der Waals surface area contributed by atoms with Gasteiger partial charge in [0.05, 0.1) is 12.0 Å². The summed E-state index contributed by atoms with van der Waals surface area (Å²) < 4.78 is 6.91. The Hall–Kier alpha value is -2.42. The first kappa shape index (κ1) is 18.0. The highest BCUT2D eigenvalue weighted by Gasteiger charge is 2.61. The molecular formula is C19H12Br2N2O4. The first-order valence-corrected chi connectivity index (χ1v) is 9.48. The highest BCUT2D eigenvalue weighted by atomic mass is 79.9. The van der Waals surface area contributed by atoms with E-state index in [9.17, 15) is 14.7 Å². The van der Waals surface area contributed by atoms with Crippen molar-refractivity contribution in [2.75, 3.05) is 9.80 Å². The molecule has 1 unspecified atom stereocenters. The van der Waals surface area contributed by atoms with Crippen molar-refractivity contribution in [3.63, 3.8) is 0 Å². The maximum Gasteiger partial charge on any atom is 0.339 e. The number of hydrogen-bond acceptors (Lipinski definition) is 4. The number of nitrogens with zero attached hydrogens (tertiary/aromatic N) is 2. The molecule has 136 valence electrons. The van der Waals surface area contributed by atoms with Crippen molar-refractivity contribution in [1.29, 1.82) is 0 Å². The molecule has 1 aliphatic heterocycles. The standard InChI is InChI=1S/C19H12Br2N2O4/c20-12-3-7-14(8-4-12)22-17(24)19(26,16-2-1-11-27-16)23(18(22)25)15-9-5-13(21)6-10-15/h1-11,26H. The average Bonchev–Trinajstić information content (AvgIpc) is 3.25. The third-order valence-corrected chi connectivity index (χ3v) is 5.30. The van der Waals surface area contributed by atoms with Gasteiger partial charge >= 0.3 is 6.03 Å².